The summed E-state index contributed by atoms with van der Waals surface area (Å²) in [5, 5.41) is 12.0. The molecule has 0 spiro atoms. The maximum atomic E-state index is 14.5. The van der Waals surface area contributed by atoms with Crippen molar-refractivity contribution < 1.29 is 13.9 Å². The number of methoxy groups -OCH3 is 1. The monoisotopic (exact) mass is 444 g/mol. The molecule has 1 saturated heterocycles. The Morgan fingerprint density at radius 1 is 1.03 bits per heavy atom. The Kier molecular flexibility index (Phi) is 6.86. The number of nitriles is 1. The Morgan fingerprint density at radius 3 is 2.45 bits per heavy atom. The van der Waals surface area contributed by atoms with Crippen molar-refractivity contribution in [2.24, 2.45) is 0 Å². The van der Waals surface area contributed by atoms with Crippen LogP contribution in [-0.4, -0.2) is 44.1 Å². The largest absolute Gasteiger partial charge is 0.497 e. The topological polar surface area (TPSA) is 68.6 Å². The lowest BCUT2D eigenvalue weighted by Crippen LogP contribution is -2.50. The van der Waals surface area contributed by atoms with Crippen molar-refractivity contribution in [2.45, 2.75) is 6.04 Å². The molecule has 1 N–H and O–H groups in total. The number of amides is 1. The lowest BCUT2D eigenvalue weighted by molar-refractivity contribution is -0.121. The Labute approximate surface area is 192 Å². The highest BCUT2D eigenvalue weighted by molar-refractivity contribution is 5.95. The molecule has 0 radical (unpaired) electrons. The van der Waals surface area contributed by atoms with Crippen molar-refractivity contribution in [2.75, 3.05) is 43.5 Å². The lowest BCUT2D eigenvalue weighted by Gasteiger charge is -2.39. The summed E-state index contributed by atoms with van der Waals surface area (Å²) in [5.41, 5.74) is 2.34. The first-order valence-corrected chi connectivity index (χ1v) is 10.8. The van der Waals surface area contributed by atoms with Crippen LogP contribution >= 0.6 is 0 Å². The lowest BCUT2D eigenvalue weighted by atomic mass is 10.0. The molecule has 6 nitrogen and oxygen atoms in total. The number of carbonyl (C=O) groups excluding carboxylic acids is 1. The first kappa shape index (κ1) is 22.3. The summed E-state index contributed by atoms with van der Waals surface area (Å²) in [6.45, 7) is 2.31. The SMILES string of the molecule is COc1cccc(NC(=O)C(c2ccccc2)N2CCN(c3ccc(C#N)cc3F)CC2)c1. The summed E-state index contributed by atoms with van der Waals surface area (Å²) in [4.78, 5) is 17.5. The van der Waals surface area contributed by atoms with Gasteiger partial charge in [0.25, 0.3) is 0 Å². The summed E-state index contributed by atoms with van der Waals surface area (Å²) >= 11 is 0. The quantitative estimate of drug-likeness (QED) is 0.617. The van der Waals surface area contributed by atoms with Crippen LogP contribution in [-0.2, 0) is 4.79 Å². The average Bonchev–Trinajstić information content (AvgIpc) is 2.85. The second-order valence-electron chi connectivity index (χ2n) is 7.84. The summed E-state index contributed by atoms with van der Waals surface area (Å²) in [6, 6.07) is 22.9. The van der Waals surface area contributed by atoms with Gasteiger partial charge in [0, 0.05) is 37.9 Å². The molecule has 1 aliphatic rings. The molecule has 0 saturated carbocycles. The summed E-state index contributed by atoms with van der Waals surface area (Å²) < 4.78 is 19.8. The van der Waals surface area contributed by atoms with Crippen molar-refractivity contribution in [1.29, 1.82) is 5.26 Å². The van der Waals surface area contributed by atoms with Crippen LogP contribution < -0.4 is 15.0 Å². The number of carbonyl (C=O) groups is 1. The summed E-state index contributed by atoms with van der Waals surface area (Å²) in [7, 11) is 1.59. The number of piperazine rings is 1. The number of nitrogens with zero attached hydrogens (tertiary/aromatic N) is 3. The second kappa shape index (κ2) is 10.2. The van der Waals surface area contributed by atoms with Gasteiger partial charge in [-0.2, -0.15) is 5.26 Å². The van der Waals surface area contributed by atoms with E-state index in [1.54, 1.807) is 25.3 Å². The zero-order chi connectivity index (χ0) is 23.2. The fraction of sp³-hybridized carbons (Fsp3) is 0.231. The fourth-order valence-electron chi connectivity index (χ4n) is 4.13. The van der Waals surface area contributed by atoms with E-state index in [1.165, 1.54) is 6.07 Å². The maximum absolute atomic E-state index is 14.5. The van der Waals surface area contributed by atoms with E-state index in [2.05, 4.69) is 10.2 Å². The Bertz CT molecular complexity index is 1150. The molecule has 7 heteroatoms. The summed E-state index contributed by atoms with van der Waals surface area (Å²) in [5.74, 6) is 0.132. The van der Waals surface area contributed by atoms with E-state index in [0.29, 0.717) is 48.9 Å². The van der Waals surface area contributed by atoms with Gasteiger partial charge >= 0.3 is 0 Å². The Morgan fingerprint density at radius 2 is 1.79 bits per heavy atom. The highest BCUT2D eigenvalue weighted by Gasteiger charge is 2.31. The van der Waals surface area contributed by atoms with Gasteiger partial charge in [0.15, 0.2) is 0 Å². The second-order valence-corrected chi connectivity index (χ2v) is 7.84. The van der Waals surface area contributed by atoms with Crippen molar-refractivity contribution >= 4 is 17.3 Å². The van der Waals surface area contributed by atoms with Gasteiger partial charge in [-0.3, -0.25) is 9.69 Å². The Balaban J connectivity index is 1.51. The van der Waals surface area contributed by atoms with Gasteiger partial charge in [0.1, 0.15) is 17.6 Å². The van der Waals surface area contributed by atoms with Crippen LogP contribution in [0.5, 0.6) is 5.75 Å². The van der Waals surface area contributed by atoms with Crippen molar-refractivity contribution in [3.63, 3.8) is 0 Å². The minimum atomic E-state index is -0.481. The molecule has 1 atom stereocenters. The smallest absolute Gasteiger partial charge is 0.246 e. The van der Waals surface area contributed by atoms with Crippen LogP contribution in [0.3, 0.4) is 0 Å². The zero-order valence-electron chi connectivity index (χ0n) is 18.4. The van der Waals surface area contributed by atoms with E-state index in [0.717, 1.165) is 5.56 Å². The molecule has 33 heavy (non-hydrogen) atoms. The number of ether oxygens (including phenoxy) is 1. The van der Waals surface area contributed by atoms with Gasteiger partial charge in [-0.1, -0.05) is 36.4 Å². The number of rotatable bonds is 6. The molecule has 1 aliphatic heterocycles. The van der Waals surface area contributed by atoms with E-state index in [-0.39, 0.29) is 5.91 Å². The van der Waals surface area contributed by atoms with Crippen LogP contribution in [0.1, 0.15) is 17.2 Å². The molecule has 0 aromatic heterocycles. The van der Waals surface area contributed by atoms with Gasteiger partial charge in [-0.25, -0.2) is 4.39 Å². The van der Waals surface area contributed by atoms with E-state index in [4.69, 9.17) is 10.00 Å². The molecule has 4 rings (SSSR count). The van der Waals surface area contributed by atoms with E-state index in [9.17, 15) is 9.18 Å². The fourth-order valence-corrected chi connectivity index (χ4v) is 4.13. The van der Waals surface area contributed by atoms with Gasteiger partial charge in [0.2, 0.25) is 5.91 Å². The number of halogens is 1. The molecule has 0 aliphatic carbocycles. The van der Waals surface area contributed by atoms with Crippen LogP contribution in [0.15, 0.2) is 72.8 Å². The molecular formula is C26H25FN4O2. The molecule has 3 aromatic rings. The van der Waals surface area contributed by atoms with E-state index >= 15 is 0 Å². The van der Waals surface area contributed by atoms with Crippen LogP contribution in [0.4, 0.5) is 15.8 Å². The molecule has 168 valence electrons. The number of anilines is 2. The van der Waals surface area contributed by atoms with Gasteiger partial charge in [-0.05, 0) is 35.9 Å². The molecule has 1 amide bonds. The zero-order valence-corrected chi connectivity index (χ0v) is 18.4. The Hall–Kier alpha value is -3.89. The van der Waals surface area contributed by atoms with Gasteiger partial charge in [-0.15, -0.1) is 0 Å². The standard InChI is InChI=1S/C26H25FN4O2/c1-33-22-9-5-8-21(17-22)29-26(32)25(20-6-3-2-4-7-20)31-14-12-30(13-15-31)24-11-10-19(18-28)16-23(24)27/h2-11,16-17,25H,12-15H2,1H3,(H,29,32). The number of hydrogen-bond donors (Lipinski definition) is 1. The highest BCUT2D eigenvalue weighted by atomic mass is 19.1. The minimum absolute atomic E-state index is 0.132. The number of benzene rings is 3. The molecular weight excluding hydrogens is 419 g/mol. The van der Waals surface area contributed by atoms with Crippen molar-refractivity contribution in [1.82, 2.24) is 4.90 Å². The maximum Gasteiger partial charge on any atom is 0.246 e. The predicted molar refractivity (Wildman–Crippen MR) is 126 cm³/mol. The molecule has 1 heterocycles. The third-order valence-corrected chi connectivity index (χ3v) is 5.80. The third-order valence-electron chi connectivity index (χ3n) is 5.80. The van der Waals surface area contributed by atoms with Crippen LogP contribution in [0.2, 0.25) is 0 Å². The molecule has 3 aromatic carbocycles. The minimum Gasteiger partial charge on any atom is -0.497 e. The first-order chi connectivity index (χ1) is 16.1. The first-order valence-electron chi connectivity index (χ1n) is 10.8. The van der Waals surface area contributed by atoms with Gasteiger partial charge < -0.3 is 15.0 Å². The molecule has 0 bridgehead atoms. The van der Waals surface area contributed by atoms with E-state index < -0.39 is 11.9 Å². The van der Waals surface area contributed by atoms with Gasteiger partial charge in [0.05, 0.1) is 24.4 Å². The number of hydrogen-bond acceptors (Lipinski definition) is 5. The van der Waals surface area contributed by atoms with Crippen molar-refractivity contribution in [3.05, 3.63) is 89.7 Å². The summed E-state index contributed by atoms with van der Waals surface area (Å²) in [6.07, 6.45) is 0. The van der Waals surface area contributed by atoms with Crippen LogP contribution in [0, 0.1) is 17.1 Å². The highest BCUT2D eigenvalue weighted by Crippen LogP contribution is 2.28. The normalized spacial score (nSPS) is 14.9. The van der Waals surface area contributed by atoms with E-state index in [1.807, 2.05) is 59.5 Å². The van der Waals surface area contributed by atoms with Crippen LogP contribution in [0.25, 0.3) is 0 Å². The average molecular weight is 445 g/mol. The third kappa shape index (κ3) is 5.13. The number of nitrogens with one attached hydrogen (secondary N) is 1. The molecule has 1 fully saturated rings. The van der Waals surface area contributed by atoms with Crippen molar-refractivity contribution in [3.8, 4) is 11.8 Å². The predicted octanol–water partition coefficient (Wildman–Crippen LogP) is 4.21. The molecule has 1 unspecified atom stereocenters.